The maximum atomic E-state index is 10.8. The summed E-state index contributed by atoms with van der Waals surface area (Å²) in [5.41, 5.74) is 3.61. The van der Waals surface area contributed by atoms with Gasteiger partial charge in [-0.3, -0.25) is 4.79 Å². The zero-order valence-electron chi connectivity index (χ0n) is 17.6. The smallest absolute Gasteiger partial charge is 0.307 e. The maximum absolute atomic E-state index is 10.8. The van der Waals surface area contributed by atoms with Crippen molar-refractivity contribution in [1.29, 1.82) is 0 Å². The Hall–Kier alpha value is -3.61. The van der Waals surface area contributed by atoms with Crippen molar-refractivity contribution in [3.8, 4) is 11.4 Å². The number of oxime groups is 1. The first kappa shape index (κ1) is 22.1. The number of aliphatic carboxylic acids is 1. The highest BCUT2D eigenvalue weighted by Gasteiger charge is 2.06. The van der Waals surface area contributed by atoms with E-state index in [0.717, 1.165) is 36.2 Å². The lowest BCUT2D eigenvalue weighted by Gasteiger charge is -2.09. The first-order valence-electron chi connectivity index (χ1n) is 10.4. The minimum Gasteiger partial charge on any atom is -0.490 e. The highest BCUT2D eigenvalue weighted by Crippen LogP contribution is 2.15. The van der Waals surface area contributed by atoms with Gasteiger partial charge in [0.05, 0.1) is 17.8 Å². The molecule has 0 bridgehead atoms. The van der Waals surface area contributed by atoms with Crippen LogP contribution in [0.25, 0.3) is 5.69 Å². The molecule has 162 valence electrons. The molecule has 0 aliphatic carbocycles. The molecule has 7 heteroatoms. The van der Waals surface area contributed by atoms with Crippen molar-refractivity contribution < 1.29 is 19.5 Å². The summed E-state index contributed by atoms with van der Waals surface area (Å²) in [6.07, 6.45) is 6.55. The van der Waals surface area contributed by atoms with Gasteiger partial charge >= 0.3 is 5.97 Å². The van der Waals surface area contributed by atoms with Gasteiger partial charge in [-0.2, -0.15) is 5.10 Å². The third kappa shape index (κ3) is 6.99. The average Bonchev–Trinajstić information content (AvgIpc) is 3.31. The minimum atomic E-state index is -0.868. The first-order valence-corrected chi connectivity index (χ1v) is 10.4. The second-order valence-corrected chi connectivity index (χ2v) is 7.04. The number of carboxylic acid groups (broad SMARTS) is 1. The van der Waals surface area contributed by atoms with E-state index in [4.69, 9.17) is 14.7 Å². The molecule has 0 saturated carbocycles. The molecule has 2 aromatic carbocycles. The minimum absolute atomic E-state index is 0.0298. The zero-order valence-corrected chi connectivity index (χ0v) is 17.6. The number of nitrogens with zero attached hydrogens (tertiary/aromatic N) is 3. The Labute approximate surface area is 181 Å². The molecular formula is C24H27N3O4. The molecule has 0 spiro atoms. The van der Waals surface area contributed by atoms with Crippen LogP contribution in [0.4, 0.5) is 0 Å². The molecule has 1 heterocycles. The van der Waals surface area contributed by atoms with Gasteiger partial charge in [0.2, 0.25) is 0 Å². The van der Waals surface area contributed by atoms with Crippen LogP contribution in [-0.2, 0) is 16.1 Å². The van der Waals surface area contributed by atoms with Crippen LogP contribution in [0, 0.1) is 0 Å². The molecular weight excluding hydrogens is 394 g/mol. The summed E-state index contributed by atoms with van der Waals surface area (Å²) < 4.78 is 7.47. The number of rotatable bonds is 12. The second-order valence-electron chi connectivity index (χ2n) is 7.04. The Kier molecular flexibility index (Phi) is 8.22. The van der Waals surface area contributed by atoms with Crippen molar-refractivity contribution >= 4 is 11.7 Å². The Morgan fingerprint density at radius 1 is 1.13 bits per heavy atom. The fraction of sp³-hybridized carbons (Fsp3) is 0.292. The summed E-state index contributed by atoms with van der Waals surface area (Å²) >= 11 is 0. The summed E-state index contributed by atoms with van der Waals surface area (Å²) in [7, 11) is 0. The van der Waals surface area contributed by atoms with E-state index in [-0.39, 0.29) is 6.42 Å². The number of ether oxygens (including phenoxy) is 1. The van der Waals surface area contributed by atoms with E-state index < -0.39 is 5.97 Å². The lowest BCUT2D eigenvalue weighted by Crippen LogP contribution is -2.08. The predicted octanol–water partition coefficient (Wildman–Crippen LogP) is 4.49. The van der Waals surface area contributed by atoms with E-state index in [1.165, 1.54) is 0 Å². The fourth-order valence-corrected chi connectivity index (χ4v) is 3.06. The summed E-state index contributed by atoms with van der Waals surface area (Å²) in [6, 6.07) is 17.0. The van der Waals surface area contributed by atoms with Crippen LogP contribution in [0.1, 0.15) is 37.3 Å². The van der Waals surface area contributed by atoms with E-state index in [2.05, 4.69) is 17.2 Å². The van der Waals surface area contributed by atoms with Gasteiger partial charge in [-0.1, -0.05) is 42.8 Å². The van der Waals surface area contributed by atoms with Crippen LogP contribution in [-0.4, -0.2) is 39.8 Å². The molecule has 0 aliphatic heterocycles. The largest absolute Gasteiger partial charge is 0.490 e. The molecule has 3 aromatic rings. The normalized spacial score (nSPS) is 11.3. The van der Waals surface area contributed by atoms with E-state index in [9.17, 15) is 4.79 Å². The Morgan fingerprint density at radius 3 is 2.68 bits per heavy atom. The van der Waals surface area contributed by atoms with Gasteiger partial charge in [-0.15, -0.1) is 0 Å². The molecule has 0 unspecified atom stereocenters. The molecule has 1 N–H and O–H groups in total. The van der Waals surface area contributed by atoms with Gasteiger partial charge in [-0.25, -0.2) is 4.68 Å². The average molecular weight is 421 g/mol. The van der Waals surface area contributed by atoms with Crippen molar-refractivity contribution in [2.24, 2.45) is 5.16 Å². The Balaban J connectivity index is 1.55. The Morgan fingerprint density at radius 2 is 1.97 bits per heavy atom. The molecule has 1 aromatic heterocycles. The van der Waals surface area contributed by atoms with Crippen LogP contribution in [0.2, 0.25) is 0 Å². The third-order valence-corrected chi connectivity index (χ3v) is 4.61. The topological polar surface area (TPSA) is 85.9 Å². The van der Waals surface area contributed by atoms with Crippen LogP contribution >= 0.6 is 0 Å². The van der Waals surface area contributed by atoms with Crippen molar-refractivity contribution in [2.75, 3.05) is 13.2 Å². The number of aromatic nitrogens is 2. The first-order chi connectivity index (χ1) is 15.2. The van der Waals surface area contributed by atoms with E-state index >= 15 is 0 Å². The van der Waals surface area contributed by atoms with Gasteiger partial charge in [0, 0.05) is 12.4 Å². The second kappa shape index (κ2) is 11.5. The molecule has 0 saturated heterocycles. The zero-order chi connectivity index (χ0) is 21.9. The predicted molar refractivity (Wildman–Crippen MR) is 119 cm³/mol. The van der Waals surface area contributed by atoms with Gasteiger partial charge in [0.15, 0.2) is 6.61 Å². The quantitative estimate of drug-likeness (QED) is 0.265. The van der Waals surface area contributed by atoms with Crippen LogP contribution in [0.3, 0.4) is 0 Å². The number of carbonyl (C=O) groups is 1. The molecule has 31 heavy (non-hydrogen) atoms. The maximum Gasteiger partial charge on any atom is 0.307 e. The summed E-state index contributed by atoms with van der Waals surface area (Å²) in [6.45, 7) is 2.76. The number of carboxylic acids is 1. The monoisotopic (exact) mass is 421 g/mol. The Bertz CT molecular complexity index is 982. The summed E-state index contributed by atoms with van der Waals surface area (Å²) in [5.74, 6) is -0.251. The van der Waals surface area contributed by atoms with Crippen molar-refractivity contribution in [3.63, 3.8) is 0 Å². The number of benzene rings is 2. The van der Waals surface area contributed by atoms with Crippen LogP contribution in [0.5, 0.6) is 5.75 Å². The number of unbranched alkanes of at least 4 members (excludes halogenated alkanes) is 1. The van der Waals surface area contributed by atoms with Crippen molar-refractivity contribution in [3.05, 3.63) is 78.1 Å². The molecule has 3 rings (SSSR count). The molecule has 0 amide bonds. The molecule has 7 nitrogen and oxygen atoms in total. The fourth-order valence-electron chi connectivity index (χ4n) is 3.06. The lowest BCUT2D eigenvalue weighted by molar-refractivity contribution is -0.136. The SMILES string of the molecule is CCCCC(=NOCCOc1cccc(CC(=O)O)c1)c1ccc(-n2cccn2)cc1. The number of hydrogen-bond acceptors (Lipinski definition) is 5. The number of hydrogen-bond donors (Lipinski definition) is 1. The summed E-state index contributed by atoms with van der Waals surface area (Å²) in [5, 5.41) is 17.5. The lowest BCUT2D eigenvalue weighted by atomic mass is 10.0. The van der Waals surface area contributed by atoms with Gasteiger partial charge in [0.1, 0.15) is 12.4 Å². The van der Waals surface area contributed by atoms with Gasteiger partial charge in [-0.05, 0) is 54.3 Å². The standard InChI is InChI=1S/C24H27N3O4/c1-2-3-8-23(20-9-11-21(12-10-20)27-14-5-13-25-27)26-31-16-15-30-22-7-4-6-19(17-22)18-24(28)29/h4-7,9-14,17H,2-3,8,15-16,18H2,1H3,(H,28,29). The van der Waals surface area contributed by atoms with Crippen molar-refractivity contribution in [2.45, 2.75) is 32.6 Å². The van der Waals surface area contributed by atoms with Gasteiger partial charge in [0.25, 0.3) is 0 Å². The highest BCUT2D eigenvalue weighted by molar-refractivity contribution is 6.00. The van der Waals surface area contributed by atoms with Crippen molar-refractivity contribution in [1.82, 2.24) is 9.78 Å². The molecule has 0 fully saturated rings. The molecule has 0 aliphatic rings. The molecule has 0 radical (unpaired) electrons. The van der Waals surface area contributed by atoms with E-state index in [1.807, 2.05) is 41.2 Å². The van der Waals surface area contributed by atoms with Crippen LogP contribution < -0.4 is 4.74 Å². The summed E-state index contributed by atoms with van der Waals surface area (Å²) in [4.78, 5) is 16.4. The van der Waals surface area contributed by atoms with Gasteiger partial charge < -0.3 is 14.7 Å². The van der Waals surface area contributed by atoms with E-state index in [0.29, 0.717) is 24.5 Å². The third-order valence-electron chi connectivity index (χ3n) is 4.61. The highest BCUT2D eigenvalue weighted by atomic mass is 16.6. The van der Waals surface area contributed by atoms with Crippen LogP contribution in [0.15, 0.2) is 72.1 Å². The molecule has 0 atom stereocenters. The van der Waals surface area contributed by atoms with E-state index in [1.54, 1.807) is 30.5 Å².